The number of rotatable bonds is 7. The van der Waals surface area contributed by atoms with Crippen LogP contribution in [-0.2, 0) is 14.3 Å². The van der Waals surface area contributed by atoms with E-state index in [1.165, 1.54) is 11.3 Å². The average molecular weight is 380 g/mol. The molecule has 0 bridgehead atoms. The molecule has 0 atom stereocenters. The van der Waals surface area contributed by atoms with Crippen molar-refractivity contribution >= 4 is 46.3 Å². The van der Waals surface area contributed by atoms with Crippen molar-refractivity contribution in [3.05, 3.63) is 50.7 Å². The standard InChI is InChI=1S/C18H18ClNO4S/c1-11-3-4-13(12(2)9-11)20-17(22)10-24-18(23)8-5-14(21)15-6-7-16(19)25-15/h3-4,6-7,9H,5,8,10H2,1-2H3,(H,20,22). The van der Waals surface area contributed by atoms with Crippen LogP contribution in [0.1, 0.15) is 33.6 Å². The van der Waals surface area contributed by atoms with E-state index in [1.54, 1.807) is 18.2 Å². The minimum Gasteiger partial charge on any atom is -0.456 e. The van der Waals surface area contributed by atoms with Gasteiger partial charge in [0.2, 0.25) is 0 Å². The Kier molecular flexibility index (Phi) is 6.73. The van der Waals surface area contributed by atoms with E-state index >= 15 is 0 Å². The SMILES string of the molecule is Cc1ccc(NC(=O)COC(=O)CCC(=O)c2ccc(Cl)s2)c(C)c1. The highest BCUT2D eigenvalue weighted by atomic mass is 35.5. The first-order valence-corrected chi connectivity index (χ1v) is 8.86. The second kappa shape index (κ2) is 8.78. The lowest BCUT2D eigenvalue weighted by Gasteiger charge is -2.09. The summed E-state index contributed by atoms with van der Waals surface area (Å²) in [5.41, 5.74) is 2.70. The number of aryl methyl sites for hydroxylation is 2. The van der Waals surface area contributed by atoms with Crippen LogP contribution < -0.4 is 5.32 Å². The first-order chi connectivity index (χ1) is 11.8. The minimum atomic E-state index is -0.591. The third-order valence-corrected chi connectivity index (χ3v) is 4.70. The van der Waals surface area contributed by atoms with E-state index in [0.29, 0.717) is 14.9 Å². The van der Waals surface area contributed by atoms with E-state index in [2.05, 4.69) is 5.32 Å². The van der Waals surface area contributed by atoms with Gasteiger partial charge in [-0.25, -0.2) is 0 Å². The van der Waals surface area contributed by atoms with Crippen LogP contribution in [0.2, 0.25) is 4.34 Å². The Hall–Kier alpha value is -2.18. The number of esters is 1. The van der Waals surface area contributed by atoms with Crippen molar-refractivity contribution in [1.82, 2.24) is 0 Å². The zero-order valence-electron chi connectivity index (χ0n) is 13.9. The fourth-order valence-corrected chi connectivity index (χ4v) is 3.17. The van der Waals surface area contributed by atoms with Gasteiger partial charge in [-0.1, -0.05) is 29.3 Å². The van der Waals surface area contributed by atoms with Crippen LogP contribution in [0.4, 0.5) is 5.69 Å². The van der Waals surface area contributed by atoms with Gasteiger partial charge in [-0.2, -0.15) is 0 Å². The quantitative estimate of drug-likeness (QED) is 0.579. The first-order valence-electron chi connectivity index (χ1n) is 7.66. The molecule has 132 valence electrons. The Morgan fingerprint density at radius 3 is 2.52 bits per heavy atom. The second-order valence-electron chi connectivity index (χ2n) is 5.55. The molecule has 0 spiro atoms. The van der Waals surface area contributed by atoms with Crippen LogP contribution in [0.15, 0.2) is 30.3 Å². The van der Waals surface area contributed by atoms with Crippen molar-refractivity contribution in [2.24, 2.45) is 0 Å². The van der Waals surface area contributed by atoms with Crippen molar-refractivity contribution in [2.45, 2.75) is 26.7 Å². The van der Waals surface area contributed by atoms with Gasteiger partial charge in [0.05, 0.1) is 15.6 Å². The van der Waals surface area contributed by atoms with Gasteiger partial charge in [-0.15, -0.1) is 11.3 Å². The second-order valence-corrected chi connectivity index (χ2v) is 7.27. The lowest BCUT2D eigenvalue weighted by Crippen LogP contribution is -2.21. The van der Waals surface area contributed by atoms with Crippen LogP contribution in [0.5, 0.6) is 0 Å². The van der Waals surface area contributed by atoms with E-state index in [-0.39, 0.29) is 25.2 Å². The van der Waals surface area contributed by atoms with Gasteiger partial charge in [-0.05, 0) is 37.6 Å². The highest BCUT2D eigenvalue weighted by molar-refractivity contribution is 7.18. The fraction of sp³-hybridized carbons (Fsp3) is 0.278. The summed E-state index contributed by atoms with van der Waals surface area (Å²) in [5.74, 6) is -1.18. The summed E-state index contributed by atoms with van der Waals surface area (Å²) in [6.07, 6.45) is -0.0560. The molecule has 5 nitrogen and oxygen atoms in total. The minimum absolute atomic E-state index is 0.0222. The molecule has 0 radical (unpaired) electrons. The molecule has 0 aliphatic rings. The third kappa shape index (κ3) is 5.99. The van der Waals surface area contributed by atoms with E-state index in [9.17, 15) is 14.4 Å². The predicted molar refractivity (Wildman–Crippen MR) is 98.4 cm³/mol. The molecule has 0 unspecified atom stereocenters. The Balaban J connectivity index is 1.74. The smallest absolute Gasteiger partial charge is 0.306 e. The summed E-state index contributed by atoms with van der Waals surface area (Å²) in [7, 11) is 0. The van der Waals surface area contributed by atoms with Gasteiger partial charge in [0, 0.05) is 12.1 Å². The highest BCUT2D eigenvalue weighted by Crippen LogP contribution is 2.23. The number of carbonyl (C=O) groups excluding carboxylic acids is 3. The number of ether oxygens (including phenoxy) is 1. The normalized spacial score (nSPS) is 10.4. The van der Waals surface area contributed by atoms with Crippen molar-refractivity contribution < 1.29 is 19.1 Å². The predicted octanol–water partition coefficient (Wildman–Crippen LogP) is 4.16. The van der Waals surface area contributed by atoms with Crippen LogP contribution in [0.25, 0.3) is 0 Å². The number of anilines is 1. The van der Waals surface area contributed by atoms with Crippen molar-refractivity contribution in [2.75, 3.05) is 11.9 Å². The maximum atomic E-state index is 11.9. The molecule has 2 aromatic rings. The summed E-state index contributed by atoms with van der Waals surface area (Å²) in [4.78, 5) is 35.9. The highest BCUT2D eigenvalue weighted by Gasteiger charge is 2.14. The summed E-state index contributed by atoms with van der Waals surface area (Å²) in [6.45, 7) is 3.47. The number of ketones is 1. The average Bonchev–Trinajstić information content (AvgIpc) is 3.00. The Bertz CT molecular complexity index is 800. The molecule has 1 amide bonds. The molecule has 0 fully saturated rings. The zero-order chi connectivity index (χ0) is 18.4. The molecule has 0 aliphatic carbocycles. The molecule has 0 saturated carbocycles. The summed E-state index contributed by atoms with van der Waals surface area (Å²) < 4.78 is 5.43. The molecule has 7 heteroatoms. The van der Waals surface area contributed by atoms with Crippen LogP contribution in [0, 0.1) is 13.8 Å². The lowest BCUT2D eigenvalue weighted by molar-refractivity contribution is -0.147. The van der Waals surface area contributed by atoms with Gasteiger partial charge in [0.1, 0.15) is 0 Å². The molecule has 1 N–H and O–H groups in total. The Morgan fingerprint density at radius 1 is 1.12 bits per heavy atom. The zero-order valence-corrected chi connectivity index (χ0v) is 15.5. The molecular formula is C18H18ClNO4S. The number of hydrogen-bond donors (Lipinski definition) is 1. The molecule has 1 aromatic carbocycles. The Morgan fingerprint density at radius 2 is 1.88 bits per heavy atom. The summed E-state index contributed by atoms with van der Waals surface area (Å²) in [5, 5.41) is 2.69. The van der Waals surface area contributed by atoms with Crippen molar-refractivity contribution in [1.29, 1.82) is 0 Å². The molecular weight excluding hydrogens is 362 g/mol. The summed E-state index contributed by atoms with van der Waals surface area (Å²) in [6, 6.07) is 8.89. The number of benzene rings is 1. The van der Waals surface area contributed by atoms with Gasteiger partial charge in [0.25, 0.3) is 5.91 Å². The number of carbonyl (C=O) groups is 3. The van der Waals surface area contributed by atoms with Gasteiger partial charge in [-0.3, -0.25) is 14.4 Å². The van der Waals surface area contributed by atoms with Crippen molar-refractivity contribution in [3.63, 3.8) is 0 Å². The van der Waals surface area contributed by atoms with Crippen LogP contribution >= 0.6 is 22.9 Å². The topological polar surface area (TPSA) is 72.5 Å². The largest absolute Gasteiger partial charge is 0.456 e. The van der Waals surface area contributed by atoms with E-state index in [1.807, 2.05) is 26.0 Å². The Labute approximate surface area is 154 Å². The van der Waals surface area contributed by atoms with Gasteiger partial charge >= 0.3 is 5.97 Å². The van der Waals surface area contributed by atoms with Gasteiger partial charge in [0.15, 0.2) is 12.4 Å². The van der Waals surface area contributed by atoms with Crippen LogP contribution in [-0.4, -0.2) is 24.3 Å². The maximum absolute atomic E-state index is 11.9. The monoisotopic (exact) mass is 379 g/mol. The number of thiophene rings is 1. The van der Waals surface area contributed by atoms with E-state index < -0.39 is 11.9 Å². The maximum Gasteiger partial charge on any atom is 0.306 e. The number of nitrogens with one attached hydrogen (secondary N) is 1. The number of Topliss-reactive ketones (excluding diaryl/α,β-unsaturated/α-hetero) is 1. The third-order valence-electron chi connectivity index (χ3n) is 3.42. The van der Waals surface area contributed by atoms with Crippen LogP contribution in [0.3, 0.4) is 0 Å². The molecule has 0 saturated heterocycles. The summed E-state index contributed by atoms with van der Waals surface area (Å²) >= 11 is 6.94. The molecule has 2 rings (SSSR count). The number of hydrogen-bond acceptors (Lipinski definition) is 5. The fourth-order valence-electron chi connectivity index (χ4n) is 2.16. The molecule has 25 heavy (non-hydrogen) atoms. The molecule has 1 heterocycles. The van der Waals surface area contributed by atoms with Gasteiger partial charge < -0.3 is 10.1 Å². The lowest BCUT2D eigenvalue weighted by atomic mass is 10.1. The molecule has 1 aromatic heterocycles. The van der Waals surface area contributed by atoms with E-state index in [0.717, 1.165) is 11.1 Å². The number of halogens is 1. The van der Waals surface area contributed by atoms with Crippen molar-refractivity contribution in [3.8, 4) is 0 Å². The van der Waals surface area contributed by atoms with E-state index in [4.69, 9.17) is 16.3 Å². The molecule has 0 aliphatic heterocycles. The first kappa shape index (κ1) is 19.1. The number of amides is 1.